The molecule has 0 aliphatic heterocycles. The van der Waals surface area contributed by atoms with E-state index in [4.69, 9.17) is 16.3 Å². The average Bonchev–Trinajstić information content (AvgIpc) is 3.01. The van der Waals surface area contributed by atoms with E-state index < -0.39 is 0 Å². The minimum atomic E-state index is 0.000746. The number of ether oxygens (including phenoxy) is 1. The normalized spacial score (nSPS) is 10.8. The molecule has 3 aromatic rings. The van der Waals surface area contributed by atoms with Crippen molar-refractivity contribution in [1.29, 1.82) is 0 Å². The van der Waals surface area contributed by atoms with Crippen LogP contribution in [0.3, 0.4) is 0 Å². The summed E-state index contributed by atoms with van der Waals surface area (Å²) >= 11 is 9.12. The third kappa shape index (κ3) is 5.63. The summed E-state index contributed by atoms with van der Waals surface area (Å²) in [6.07, 6.45) is 0. The third-order valence-electron chi connectivity index (χ3n) is 3.29. The van der Waals surface area contributed by atoms with Gasteiger partial charge in [0.25, 0.3) is 0 Å². The molecule has 0 radical (unpaired) electrons. The first kappa shape index (κ1) is 18.0. The van der Waals surface area contributed by atoms with Crippen LogP contribution in [0.15, 0.2) is 48.5 Å². The number of nitrogens with zero attached hydrogens (tertiary/aromatic N) is 1. The predicted octanol–water partition coefficient (Wildman–Crippen LogP) is 4.38. The molecular formula is C18H17ClN2O2S2. The lowest BCUT2D eigenvalue weighted by atomic mass is 10.3. The number of benzene rings is 2. The molecule has 4 nitrogen and oxygen atoms in total. The monoisotopic (exact) mass is 392 g/mol. The molecule has 1 aromatic heterocycles. The smallest absolute Gasteiger partial charge is 0.230 e. The van der Waals surface area contributed by atoms with Crippen molar-refractivity contribution in [3.05, 3.63) is 58.6 Å². The number of hydrogen-bond donors (Lipinski definition) is 1. The van der Waals surface area contributed by atoms with Gasteiger partial charge in [-0.1, -0.05) is 29.8 Å². The molecule has 3 rings (SSSR count). The number of amides is 1. The molecule has 0 atom stereocenters. The molecule has 130 valence electrons. The number of fused-ring (bicyclic) bond motifs is 1. The zero-order valence-electron chi connectivity index (χ0n) is 13.4. The van der Waals surface area contributed by atoms with Crippen molar-refractivity contribution in [3.8, 4) is 5.75 Å². The highest BCUT2D eigenvalue weighted by Gasteiger charge is 2.06. The Balaban J connectivity index is 1.32. The van der Waals surface area contributed by atoms with E-state index in [2.05, 4.69) is 16.4 Å². The minimum absolute atomic E-state index is 0.000746. The number of halogens is 1. The van der Waals surface area contributed by atoms with Crippen LogP contribution < -0.4 is 10.1 Å². The number of hydrogen-bond acceptors (Lipinski definition) is 5. The zero-order chi connectivity index (χ0) is 17.5. The number of thioether (sulfide) groups is 1. The SMILES string of the molecule is O=C(CSCc1nc2ccccc2s1)NCCOc1cccc(Cl)c1. The van der Waals surface area contributed by atoms with E-state index >= 15 is 0 Å². The number of para-hydroxylation sites is 1. The van der Waals surface area contributed by atoms with Gasteiger partial charge in [0.15, 0.2) is 0 Å². The van der Waals surface area contributed by atoms with Crippen LogP contribution in [0.25, 0.3) is 10.2 Å². The minimum Gasteiger partial charge on any atom is -0.492 e. The van der Waals surface area contributed by atoms with E-state index in [0.29, 0.717) is 29.7 Å². The first-order valence-electron chi connectivity index (χ1n) is 7.78. The van der Waals surface area contributed by atoms with Crippen molar-refractivity contribution in [2.24, 2.45) is 0 Å². The molecule has 0 spiro atoms. The second-order valence-electron chi connectivity index (χ2n) is 5.22. The van der Waals surface area contributed by atoms with Crippen molar-refractivity contribution >= 4 is 50.8 Å². The Hall–Kier alpha value is -1.76. The first-order valence-corrected chi connectivity index (χ1v) is 10.1. The lowest BCUT2D eigenvalue weighted by molar-refractivity contribution is -0.118. The molecule has 1 amide bonds. The van der Waals surface area contributed by atoms with Crippen molar-refractivity contribution in [3.63, 3.8) is 0 Å². The fraction of sp³-hybridized carbons (Fsp3) is 0.222. The van der Waals surface area contributed by atoms with Crippen LogP contribution in [0.2, 0.25) is 5.02 Å². The maximum absolute atomic E-state index is 11.8. The van der Waals surface area contributed by atoms with Crippen LogP contribution in [0.1, 0.15) is 5.01 Å². The summed E-state index contributed by atoms with van der Waals surface area (Å²) in [5.41, 5.74) is 1.02. The number of rotatable bonds is 8. The van der Waals surface area contributed by atoms with Crippen LogP contribution in [0.4, 0.5) is 0 Å². The van der Waals surface area contributed by atoms with Crippen molar-refractivity contribution in [2.75, 3.05) is 18.9 Å². The van der Waals surface area contributed by atoms with E-state index in [1.54, 1.807) is 35.2 Å². The highest BCUT2D eigenvalue weighted by atomic mass is 35.5. The van der Waals surface area contributed by atoms with E-state index in [0.717, 1.165) is 16.3 Å². The Morgan fingerprint density at radius 1 is 1.24 bits per heavy atom. The molecule has 2 aromatic carbocycles. The van der Waals surface area contributed by atoms with E-state index in [1.807, 2.05) is 30.3 Å². The molecule has 0 unspecified atom stereocenters. The summed E-state index contributed by atoms with van der Waals surface area (Å²) in [5, 5.41) is 4.52. The molecule has 0 saturated heterocycles. The Bertz CT molecular complexity index is 821. The molecule has 25 heavy (non-hydrogen) atoms. The Labute approximate surface area is 159 Å². The molecule has 1 heterocycles. The number of carbonyl (C=O) groups is 1. The zero-order valence-corrected chi connectivity index (χ0v) is 15.8. The maximum Gasteiger partial charge on any atom is 0.230 e. The van der Waals surface area contributed by atoms with Gasteiger partial charge < -0.3 is 10.1 Å². The highest BCUT2D eigenvalue weighted by Crippen LogP contribution is 2.24. The quantitative estimate of drug-likeness (QED) is 0.578. The van der Waals surface area contributed by atoms with Crippen LogP contribution in [0, 0.1) is 0 Å². The van der Waals surface area contributed by atoms with E-state index in [-0.39, 0.29) is 5.91 Å². The number of carbonyl (C=O) groups excluding carboxylic acids is 1. The van der Waals surface area contributed by atoms with Crippen LogP contribution in [-0.4, -0.2) is 29.8 Å². The van der Waals surface area contributed by atoms with Gasteiger partial charge >= 0.3 is 0 Å². The summed E-state index contributed by atoms with van der Waals surface area (Å²) in [5.74, 6) is 1.85. The molecule has 0 aliphatic rings. The second-order valence-corrected chi connectivity index (χ2v) is 7.76. The molecule has 7 heteroatoms. The number of thiazole rings is 1. The van der Waals surface area contributed by atoms with Gasteiger partial charge in [-0.3, -0.25) is 4.79 Å². The van der Waals surface area contributed by atoms with Crippen LogP contribution >= 0.6 is 34.7 Å². The largest absolute Gasteiger partial charge is 0.492 e. The van der Waals surface area contributed by atoms with Crippen LogP contribution in [-0.2, 0) is 10.5 Å². The lowest BCUT2D eigenvalue weighted by Crippen LogP contribution is -2.29. The number of aromatic nitrogens is 1. The standard InChI is InChI=1S/C18H17ClN2O2S2/c19-13-4-3-5-14(10-13)23-9-8-20-17(22)11-24-12-18-21-15-6-1-2-7-16(15)25-18/h1-7,10H,8-9,11-12H2,(H,20,22). The molecule has 0 saturated carbocycles. The van der Waals surface area contributed by atoms with E-state index in [1.165, 1.54) is 4.70 Å². The number of nitrogens with one attached hydrogen (secondary N) is 1. The first-order chi connectivity index (χ1) is 12.2. The second kappa shape index (κ2) is 9.08. The summed E-state index contributed by atoms with van der Waals surface area (Å²) in [7, 11) is 0. The van der Waals surface area contributed by atoms with Gasteiger partial charge in [0.1, 0.15) is 17.4 Å². The van der Waals surface area contributed by atoms with Crippen molar-refractivity contribution < 1.29 is 9.53 Å². The topological polar surface area (TPSA) is 51.2 Å². The lowest BCUT2D eigenvalue weighted by Gasteiger charge is -2.07. The van der Waals surface area contributed by atoms with Gasteiger partial charge in [0.05, 0.1) is 22.5 Å². The molecule has 0 aliphatic carbocycles. The van der Waals surface area contributed by atoms with Gasteiger partial charge in [-0.2, -0.15) is 0 Å². The van der Waals surface area contributed by atoms with Crippen molar-refractivity contribution in [1.82, 2.24) is 10.3 Å². The maximum atomic E-state index is 11.8. The summed E-state index contributed by atoms with van der Waals surface area (Å²) in [6, 6.07) is 15.3. The summed E-state index contributed by atoms with van der Waals surface area (Å²) in [6.45, 7) is 0.877. The molecule has 1 N–H and O–H groups in total. The van der Waals surface area contributed by atoms with Gasteiger partial charge in [0.2, 0.25) is 5.91 Å². The summed E-state index contributed by atoms with van der Waals surface area (Å²) in [4.78, 5) is 16.4. The fourth-order valence-electron chi connectivity index (χ4n) is 2.18. The Morgan fingerprint density at radius 2 is 2.12 bits per heavy atom. The van der Waals surface area contributed by atoms with Crippen molar-refractivity contribution in [2.45, 2.75) is 5.75 Å². The molecular weight excluding hydrogens is 376 g/mol. The van der Waals surface area contributed by atoms with E-state index in [9.17, 15) is 4.79 Å². The fourth-order valence-corrected chi connectivity index (χ4v) is 4.24. The van der Waals surface area contributed by atoms with Gasteiger partial charge in [0, 0.05) is 10.8 Å². The van der Waals surface area contributed by atoms with Gasteiger partial charge in [-0.25, -0.2) is 4.98 Å². The third-order valence-corrected chi connectivity index (χ3v) is 5.68. The average molecular weight is 393 g/mol. The Kier molecular flexibility index (Phi) is 6.55. The Morgan fingerprint density at radius 3 is 2.96 bits per heavy atom. The molecule has 0 fully saturated rings. The summed E-state index contributed by atoms with van der Waals surface area (Å²) < 4.78 is 6.71. The molecule has 0 bridgehead atoms. The highest BCUT2D eigenvalue weighted by molar-refractivity contribution is 7.99. The van der Waals surface area contributed by atoms with Gasteiger partial charge in [-0.05, 0) is 30.3 Å². The van der Waals surface area contributed by atoms with Gasteiger partial charge in [-0.15, -0.1) is 23.1 Å². The van der Waals surface area contributed by atoms with Crippen LogP contribution in [0.5, 0.6) is 5.75 Å². The predicted molar refractivity (Wildman–Crippen MR) is 106 cm³/mol.